The molecule has 1 heterocycles. The van der Waals surface area contributed by atoms with Crippen molar-refractivity contribution in [3.63, 3.8) is 0 Å². The summed E-state index contributed by atoms with van der Waals surface area (Å²) < 4.78 is 12.8. The molecule has 8 heteroatoms. The molecule has 1 atom stereocenters. The minimum absolute atomic E-state index is 0.0152. The number of para-hydroxylation sites is 1. The van der Waals surface area contributed by atoms with E-state index in [4.69, 9.17) is 9.47 Å². The number of benzene rings is 3. The van der Waals surface area contributed by atoms with E-state index in [9.17, 15) is 19.5 Å². The van der Waals surface area contributed by atoms with Crippen LogP contribution in [0.2, 0.25) is 0 Å². The maximum Gasteiger partial charge on any atom is 0.407 e. The molecule has 0 saturated heterocycles. The average molecular weight is 541 g/mol. The fraction of sp³-hybridized carbons (Fsp3) is 0.281. The van der Waals surface area contributed by atoms with Crippen molar-refractivity contribution >= 4 is 28.9 Å². The van der Waals surface area contributed by atoms with Crippen LogP contribution in [-0.4, -0.2) is 46.0 Å². The number of amides is 1. The van der Waals surface area contributed by atoms with Crippen molar-refractivity contribution in [1.29, 1.82) is 0 Å². The number of carboxylic acids is 1. The molecule has 5 rings (SSSR count). The van der Waals surface area contributed by atoms with Crippen LogP contribution in [0, 0.1) is 0 Å². The maximum absolute atomic E-state index is 12.8. The number of hydrogen-bond acceptors (Lipinski definition) is 5. The highest BCUT2D eigenvalue weighted by atomic mass is 16.6. The van der Waals surface area contributed by atoms with E-state index in [2.05, 4.69) is 5.32 Å². The quantitative estimate of drug-likeness (QED) is 0.285. The number of rotatable bonds is 8. The van der Waals surface area contributed by atoms with Crippen molar-refractivity contribution < 1.29 is 29.0 Å². The molecule has 1 amide bonds. The summed E-state index contributed by atoms with van der Waals surface area (Å²) in [5.41, 5.74) is 5.20. The van der Waals surface area contributed by atoms with Gasteiger partial charge in [0.15, 0.2) is 0 Å². The molecule has 0 saturated carbocycles. The van der Waals surface area contributed by atoms with Crippen LogP contribution in [0.3, 0.4) is 0 Å². The van der Waals surface area contributed by atoms with Gasteiger partial charge in [0, 0.05) is 29.4 Å². The second kappa shape index (κ2) is 10.9. The van der Waals surface area contributed by atoms with E-state index in [-0.39, 0.29) is 25.5 Å². The predicted molar refractivity (Wildman–Crippen MR) is 151 cm³/mol. The van der Waals surface area contributed by atoms with Crippen LogP contribution in [0.5, 0.6) is 0 Å². The lowest BCUT2D eigenvalue weighted by molar-refractivity contribution is -0.155. The first-order valence-corrected chi connectivity index (χ1v) is 13.2. The Bertz CT molecular complexity index is 1540. The molecule has 1 aliphatic carbocycles. The number of nitrogens with zero attached hydrogens (tertiary/aromatic N) is 1. The highest BCUT2D eigenvalue weighted by Crippen LogP contribution is 2.44. The molecule has 40 heavy (non-hydrogen) atoms. The van der Waals surface area contributed by atoms with Crippen molar-refractivity contribution in [2.45, 2.75) is 51.3 Å². The van der Waals surface area contributed by atoms with Gasteiger partial charge in [0.25, 0.3) is 0 Å². The Hall–Kier alpha value is -4.59. The van der Waals surface area contributed by atoms with Crippen LogP contribution >= 0.6 is 0 Å². The van der Waals surface area contributed by atoms with Gasteiger partial charge in [-0.25, -0.2) is 9.59 Å². The highest BCUT2D eigenvalue weighted by Gasteiger charge is 2.30. The third-order valence-electron chi connectivity index (χ3n) is 6.95. The van der Waals surface area contributed by atoms with Gasteiger partial charge in [-0.15, -0.1) is 0 Å². The number of alkyl carbamates (subject to hydrolysis) is 1. The first kappa shape index (κ1) is 27.0. The van der Waals surface area contributed by atoms with Crippen LogP contribution in [0.25, 0.3) is 22.0 Å². The van der Waals surface area contributed by atoms with E-state index in [0.29, 0.717) is 5.56 Å². The summed E-state index contributed by atoms with van der Waals surface area (Å²) in [5.74, 6) is -1.71. The number of carboxylic acid groups (broad SMARTS) is 1. The molecule has 0 bridgehead atoms. The van der Waals surface area contributed by atoms with Crippen molar-refractivity contribution in [2.75, 3.05) is 6.61 Å². The molecule has 0 aliphatic heterocycles. The molecule has 0 radical (unpaired) electrons. The summed E-state index contributed by atoms with van der Waals surface area (Å²) in [6, 6.07) is 22.2. The van der Waals surface area contributed by atoms with Crippen LogP contribution in [-0.2, 0) is 32.0 Å². The monoisotopic (exact) mass is 540 g/mol. The smallest absolute Gasteiger partial charge is 0.407 e. The minimum atomic E-state index is -1.23. The van der Waals surface area contributed by atoms with Gasteiger partial charge < -0.3 is 24.5 Å². The molecule has 0 spiro atoms. The van der Waals surface area contributed by atoms with E-state index in [0.717, 1.165) is 33.2 Å². The SMILES string of the molecule is CC(C)(C)OC(=O)Cn1cc(CC(NC(=O)OCC2c3ccccc3-c3ccccc32)C(=O)O)c2ccccc21. The van der Waals surface area contributed by atoms with Gasteiger partial charge in [0.05, 0.1) is 0 Å². The summed E-state index contributed by atoms with van der Waals surface area (Å²) in [7, 11) is 0. The van der Waals surface area contributed by atoms with Crippen molar-refractivity contribution in [3.05, 3.63) is 95.7 Å². The number of hydrogen-bond donors (Lipinski definition) is 2. The zero-order valence-corrected chi connectivity index (χ0v) is 22.7. The molecular weight excluding hydrogens is 508 g/mol. The fourth-order valence-corrected chi connectivity index (χ4v) is 5.33. The van der Waals surface area contributed by atoms with Crippen molar-refractivity contribution in [2.24, 2.45) is 0 Å². The highest BCUT2D eigenvalue weighted by molar-refractivity contribution is 5.87. The lowest BCUT2D eigenvalue weighted by Crippen LogP contribution is -2.42. The number of aromatic nitrogens is 1. The standard InChI is InChI=1S/C32H32N2O6/c1-32(2,3)40-29(35)18-34-17-20(21-10-8-9-15-28(21)34)16-27(30(36)37)33-31(38)39-19-26-24-13-6-4-11-22(24)23-12-5-7-14-25(23)26/h4-15,17,26-27H,16,18-19H2,1-3H3,(H,33,38)(H,36,37). The van der Waals surface area contributed by atoms with Crippen LogP contribution in [0.4, 0.5) is 4.79 Å². The van der Waals surface area contributed by atoms with Crippen molar-refractivity contribution in [3.8, 4) is 11.1 Å². The first-order valence-electron chi connectivity index (χ1n) is 13.2. The number of fused-ring (bicyclic) bond motifs is 4. The fourth-order valence-electron chi connectivity index (χ4n) is 5.33. The second-order valence-electron chi connectivity index (χ2n) is 11.0. The Kier molecular flexibility index (Phi) is 7.34. The summed E-state index contributed by atoms with van der Waals surface area (Å²) in [4.78, 5) is 37.4. The number of nitrogens with one attached hydrogen (secondary N) is 1. The lowest BCUT2D eigenvalue weighted by Gasteiger charge is -2.19. The molecule has 2 N–H and O–H groups in total. The minimum Gasteiger partial charge on any atom is -0.480 e. The third-order valence-corrected chi connectivity index (χ3v) is 6.95. The van der Waals surface area contributed by atoms with E-state index in [1.54, 1.807) is 31.5 Å². The van der Waals surface area contributed by atoms with E-state index >= 15 is 0 Å². The summed E-state index contributed by atoms with van der Waals surface area (Å²) >= 11 is 0. The summed E-state index contributed by atoms with van der Waals surface area (Å²) in [5, 5.41) is 13.2. The Morgan fingerprint density at radius 2 is 1.52 bits per heavy atom. The summed E-state index contributed by atoms with van der Waals surface area (Å²) in [6.07, 6.45) is 0.956. The van der Waals surface area contributed by atoms with Gasteiger partial charge in [0.2, 0.25) is 0 Å². The van der Waals surface area contributed by atoms with Gasteiger partial charge in [-0.2, -0.15) is 0 Å². The Morgan fingerprint density at radius 3 is 2.15 bits per heavy atom. The molecule has 1 unspecified atom stereocenters. The van der Waals surface area contributed by atoms with E-state index in [1.807, 2.05) is 72.8 Å². The number of esters is 1. The van der Waals surface area contributed by atoms with E-state index < -0.39 is 29.7 Å². The molecule has 206 valence electrons. The number of carbonyl (C=O) groups is 3. The molecule has 4 aromatic rings. The molecular formula is C32H32N2O6. The second-order valence-corrected chi connectivity index (χ2v) is 11.0. The van der Waals surface area contributed by atoms with Crippen LogP contribution in [0.1, 0.15) is 43.4 Å². The topological polar surface area (TPSA) is 107 Å². The van der Waals surface area contributed by atoms with Crippen LogP contribution in [0.15, 0.2) is 79.0 Å². The van der Waals surface area contributed by atoms with E-state index in [1.165, 1.54) is 0 Å². The Balaban J connectivity index is 1.29. The van der Waals surface area contributed by atoms with Gasteiger partial charge in [0.1, 0.15) is 24.8 Å². The van der Waals surface area contributed by atoms with Gasteiger partial charge >= 0.3 is 18.0 Å². The predicted octanol–water partition coefficient (Wildman–Crippen LogP) is 5.52. The average Bonchev–Trinajstić information content (AvgIpc) is 3.41. The summed E-state index contributed by atoms with van der Waals surface area (Å²) in [6.45, 7) is 5.47. The molecule has 8 nitrogen and oxygen atoms in total. The number of carbonyl (C=O) groups excluding carboxylic acids is 2. The van der Waals surface area contributed by atoms with Gasteiger partial charge in [-0.05, 0) is 54.7 Å². The van der Waals surface area contributed by atoms with Gasteiger partial charge in [-0.3, -0.25) is 4.79 Å². The zero-order valence-electron chi connectivity index (χ0n) is 22.7. The van der Waals surface area contributed by atoms with Gasteiger partial charge in [-0.1, -0.05) is 66.7 Å². The van der Waals surface area contributed by atoms with Crippen LogP contribution < -0.4 is 5.32 Å². The number of aliphatic carboxylic acids is 1. The molecule has 0 fully saturated rings. The van der Waals surface area contributed by atoms with Crippen molar-refractivity contribution in [1.82, 2.24) is 9.88 Å². The largest absolute Gasteiger partial charge is 0.480 e. The molecule has 1 aromatic heterocycles. The lowest BCUT2D eigenvalue weighted by atomic mass is 9.98. The first-order chi connectivity index (χ1) is 19.1. The Labute approximate surface area is 232 Å². The molecule has 3 aromatic carbocycles. The normalized spacial score (nSPS) is 13.4. The Morgan fingerprint density at radius 1 is 0.925 bits per heavy atom. The zero-order chi connectivity index (χ0) is 28.4. The molecule has 1 aliphatic rings. The third kappa shape index (κ3) is 5.71. The maximum atomic E-state index is 12.8. The number of ether oxygens (including phenoxy) is 2.